The van der Waals surface area contributed by atoms with Crippen molar-refractivity contribution in [3.05, 3.63) is 11.4 Å². The van der Waals surface area contributed by atoms with Crippen molar-refractivity contribution in [2.45, 2.75) is 38.8 Å². The molecular formula is C10H16FN. The summed E-state index contributed by atoms with van der Waals surface area (Å²) in [7, 11) is 0. The Balaban J connectivity index is 2.37. The van der Waals surface area contributed by atoms with Gasteiger partial charge in [0.1, 0.15) is 6.17 Å². The van der Waals surface area contributed by atoms with Gasteiger partial charge in [0, 0.05) is 6.42 Å². The van der Waals surface area contributed by atoms with Gasteiger partial charge in [0.25, 0.3) is 0 Å². The number of halogens is 1. The molecule has 3 atom stereocenters. The molecule has 0 aromatic heterocycles. The lowest BCUT2D eigenvalue weighted by molar-refractivity contribution is 0.200. The van der Waals surface area contributed by atoms with Crippen molar-refractivity contribution in [2.75, 3.05) is 6.54 Å². The van der Waals surface area contributed by atoms with Crippen molar-refractivity contribution in [1.29, 1.82) is 0 Å². The largest absolute Gasteiger partial charge is 0.317 e. The maximum Gasteiger partial charge on any atom is 0.215 e. The molecule has 0 aliphatic heterocycles. The fourth-order valence-electron chi connectivity index (χ4n) is 2.26. The van der Waals surface area contributed by atoms with E-state index in [2.05, 4.69) is 4.85 Å². The minimum atomic E-state index is -0.678. The van der Waals surface area contributed by atoms with E-state index in [1.54, 1.807) is 6.92 Å². The smallest absolute Gasteiger partial charge is 0.215 e. The van der Waals surface area contributed by atoms with Crippen molar-refractivity contribution in [3.63, 3.8) is 0 Å². The van der Waals surface area contributed by atoms with Crippen molar-refractivity contribution < 1.29 is 4.39 Å². The van der Waals surface area contributed by atoms with E-state index in [1.165, 1.54) is 0 Å². The van der Waals surface area contributed by atoms with Crippen LogP contribution in [0.2, 0.25) is 0 Å². The predicted octanol–water partition coefficient (Wildman–Crippen LogP) is 3.07. The number of alkyl halides is 1. The lowest BCUT2D eigenvalue weighted by Crippen LogP contribution is -2.17. The van der Waals surface area contributed by atoms with Crippen molar-refractivity contribution in [2.24, 2.45) is 11.8 Å². The van der Waals surface area contributed by atoms with Crippen LogP contribution in [0, 0.1) is 18.4 Å². The van der Waals surface area contributed by atoms with Crippen molar-refractivity contribution in [3.8, 4) is 0 Å². The molecule has 0 radical (unpaired) electrons. The number of hydrogen-bond acceptors (Lipinski definition) is 0. The van der Waals surface area contributed by atoms with Crippen LogP contribution >= 0.6 is 0 Å². The van der Waals surface area contributed by atoms with E-state index in [-0.39, 0.29) is 5.92 Å². The molecule has 0 aromatic carbocycles. The van der Waals surface area contributed by atoms with Gasteiger partial charge in [-0.15, -0.1) is 0 Å². The molecule has 1 rings (SSSR count). The van der Waals surface area contributed by atoms with E-state index < -0.39 is 6.17 Å². The molecule has 1 nitrogen and oxygen atoms in total. The predicted molar refractivity (Wildman–Crippen MR) is 47.5 cm³/mol. The summed E-state index contributed by atoms with van der Waals surface area (Å²) < 4.78 is 13.0. The molecule has 2 heteroatoms. The van der Waals surface area contributed by atoms with Gasteiger partial charge in [-0.3, -0.25) is 0 Å². The Kier molecular flexibility index (Phi) is 3.52. The molecule has 0 bridgehead atoms. The van der Waals surface area contributed by atoms with E-state index in [0.717, 1.165) is 25.7 Å². The molecule has 1 aliphatic carbocycles. The first-order valence-corrected chi connectivity index (χ1v) is 4.73. The molecule has 0 amide bonds. The van der Waals surface area contributed by atoms with Gasteiger partial charge in [-0.05, 0) is 31.6 Å². The quantitative estimate of drug-likeness (QED) is 0.572. The third-order valence-electron chi connectivity index (χ3n) is 2.92. The Morgan fingerprint density at radius 2 is 2.33 bits per heavy atom. The fraction of sp³-hybridized carbons (Fsp3) is 0.900. The first-order valence-electron chi connectivity index (χ1n) is 4.73. The summed E-state index contributed by atoms with van der Waals surface area (Å²) in [5.74, 6) is 0.728. The van der Waals surface area contributed by atoms with Crippen LogP contribution in [0.25, 0.3) is 4.85 Å². The molecule has 3 unspecified atom stereocenters. The van der Waals surface area contributed by atoms with Crippen LogP contribution in [-0.4, -0.2) is 12.7 Å². The number of nitrogens with zero attached hydrogens (tertiary/aromatic N) is 1. The normalized spacial score (nSPS) is 31.4. The summed E-state index contributed by atoms with van der Waals surface area (Å²) in [6.45, 7) is 8.90. The summed E-state index contributed by atoms with van der Waals surface area (Å²) in [6.07, 6.45) is 3.54. The maximum absolute atomic E-state index is 13.0. The van der Waals surface area contributed by atoms with Crippen LogP contribution in [0.1, 0.15) is 32.6 Å². The van der Waals surface area contributed by atoms with Gasteiger partial charge in [0.2, 0.25) is 6.54 Å². The average molecular weight is 169 g/mol. The summed E-state index contributed by atoms with van der Waals surface area (Å²) in [6, 6.07) is 0. The summed E-state index contributed by atoms with van der Waals surface area (Å²) in [4.78, 5) is 3.32. The Bertz CT molecular complexity index is 171. The second-order valence-electron chi connectivity index (χ2n) is 3.70. The van der Waals surface area contributed by atoms with Crippen LogP contribution in [0.4, 0.5) is 4.39 Å². The van der Waals surface area contributed by atoms with E-state index in [0.29, 0.717) is 12.5 Å². The first kappa shape index (κ1) is 9.51. The zero-order valence-corrected chi connectivity index (χ0v) is 7.59. The Labute approximate surface area is 73.8 Å². The van der Waals surface area contributed by atoms with Gasteiger partial charge in [0.05, 0.1) is 0 Å². The van der Waals surface area contributed by atoms with Crippen molar-refractivity contribution in [1.82, 2.24) is 0 Å². The topological polar surface area (TPSA) is 4.36 Å². The Morgan fingerprint density at radius 1 is 1.58 bits per heavy atom. The molecule has 0 aromatic rings. The molecule has 0 spiro atoms. The summed E-state index contributed by atoms with van der Waals surface area (Å²) in [5.41, 5.74) is 0. The highest BCUT2D eigenvalue weighted by Crippen LogP contribution is 2.37. The second kappa shape index (κ2) is 4.45. The standard InChI is InChI=1S/C10H16FN/c1-8(11)10-5-3-4-9(10)6-7-12-2/h8-10H,3-7H2,1H3. The van der Waals surface area contributed by atoms with Gasteiger partial charge in [-0.25, -0.2) is 11.0 Å². The van der Waals surface area contributed by atoms with Crippen LogP contribution in [0.5, 0.6) is 0 Å². The van der Waals surface area contributed by atoms with Crippen molar-refractivity contribution >= 4 is 0 Å². The lowest BCUT2D eigenvalue weighted by Gasteiger charge is -2.18. The van der Waals surface area contributed by atoms with Gasteiger partial charge in [0.15, 0.2) is 0 Å². The summed E-state index contributed by atoms with van der Waals surface area (Å²) in [5, 5.41) is 0. The van der Waals surface area contributed by atoms with E-state index in [9.17, 15) is 4.39 Å². The Morgan fingerprint density at radius 3 is 2.92 bits per heavy atom. The molecule has 0 N–H and O–H groups in total. The second-order valence-corrected chi connectivity index (χ2v) is 3.70. The molecule has 68 valence electrons. The van der Waals surface area contributed by atoms with Crippen LogP contribution in [-0.2, 0) is 0 Å². The molecule has 1 saturated carbocycles. The maximum atomic E-state index is 13.0. The number of rotatable bonds is 3. The van der Waals surface area contributed by atoms with Gasteiger partial charge in [-0.1, -0.05) is 6.42 Å². The molecule has 1 fully saturated rings. The third-order valence-corrected chi connectivity index (χ3v) is 2.92. The highest BCUT2D eigenvalue weighted by Gasteiger charge is 2.31. The van der Waals surface area contributed by atoms with Crippen LogP contribution in [0.15, 0.2) is 0 Å². The molecule has 0 heterocycles. The molecular weight excluding hydrogens is 153 g/mol. The van der Waals surface area contributed by atoms with Crippen LogP contribution < -0.4 is 0 Å². The zero-order chi connectivity index (χ0) is 8.97. The summed E-state index contributed by atoms with van der Waals surface area (Å²) >= 11 is 0. The average Bonchev–Trinajstić information content (AvgIpc) is 2.48. The van der Waals surface area contributed by atoms with Gasteiger partial charge >= 0.3 is 0 Å². The van der Waals surface area contributed by atoms with Gasteiger partial charge in [-0.2, -0.15) is 0 Å². The van der Waals surface area contributed by atoms with E-state index >= 15 is 0 Å². The lowest BCUT2D eigenvalue weighted by atomic mass is 9.90. The molecule has 12 heavy (non-hydrogen) atoms. The van der Waals surface area contributed by atoms with E-state index in [1.807, 2.05) is 0 Å². The van der Waals surface area contributed by atoms with Crippen LogP contribution in [0.3, 0.4) is 0 Å². The SMILES string of the molecule is [C-]#[N+]CCC1CCCC1C(C)F. The highest BCUT2D eigenvalue weighted by atomic mass is 19.1. The number of hydrogen-bond donors (Lipinski definition) is 0. The minimum Gasteiger partial charge on any atom is -0.317 e. The zero-order valence-electron chi connectivity index (χ0n) is 7.59. The fourth-order valence-corrected chi connectivity index (χ4v) is 2.26. The minimum absolute atomic E-state index is 0.242. The molecule has 1 aliphatic rings. The Hall–Kier alpha value is -0.580. The highest BCUT2D eigenvalue weighted by molar-refractivity contribution is 4.82. The van der Waals surface area contributed by atoms with Gasteiger partial charge < -0.3 is 4.85 Å². The first-order chi connectivity index (χ1) is 5.75. The van der Waals surface area contributed by atoms with E-state index in [4.69, 9.17) is 6.57 Å². The third kappa shape index (κ3) is 2.20. The molecule has 0 saturated heterocycles. The monoisotopic (exact) mass is 169 g/mol.